The molecule has 1 heterocycles. The molecule has 4 N–H and O–H groups in total. The van der Waals surface area contributed by atoms with Crippen LogP contribution in [0.4, 0.5) is 0 Å². The van der Waals surface area contributed by atoms with Gasteiger partial charge in [0.05, 0.1) is 10.5 Å². The van der Waals surface area contributed by atoms with Gasteiger partial charge in [0.1, 0.15) is 0 Å². The standard InChI is InChI=1S/C24H29N3O4S/c1-16-5-4-6-20(13-16)15-27-17(2)22(23(18(27)3)24(28)29)14-26-12-11-19-7-9-21(10-8-19)32(25,30)31/h4-10,13,26H,11-12,14-15H2,1-3H3,(H,28,29)(H2,25,30,31). The molecule has 0 aliphatic rings. The molecular formula is C24H29N3O4S. The molecule has 0 aliphatic carbocycles. The van der Waals surface area contributed by atoms with Crippen LogP contribution < -0.4 is 10.5 Å². The van der Waals surface area contributed by atoms with Crippen LogP contribution in [0.25, 0.3) is 0 Å². The zero-order valence-electron chi connectivity index (χ0n) is 18.6. The lowest BCUT2D eigenvalue weighted by Gasteiger charge is -2.11. The molecule has 32 heavy (non-hydrogen) atoms. The first kappa shape index (κ1) is 23.7. The van der Waals surface area contributed by atoms with E-state index in [2.05, 4.69) is 16.0 Å². The van der Waals surface area contributed by atoms with Crippen molar-refractivity contribution in [2.45, 2.75) is 45.2 Å². The zero-order chi connectivity index (χ0) is 23.5. The van der Waals surface area contributed by atoms with E-state index in [1.54, 1.807) is 12.1 Å². The lowest BCUT2D eigenvalue weighted by atomic mass is 10.1. The summed E-state index contributed by atoms with van der Waals surface area (Å²) >= 11 is 0. The van der Waals surface area contributed by atoms with E-state index in [1.807, 2.05) is 39.0 Å². The van der Waals surface area contributed by atoms with Crippen molar-refractivity contribution >= 4 is 16.0 Å². The van der Waals surface area contributed by atoms with E-state index in [9.17, 15) is 18.3 Å². The summed E-state index contributed by atoms with van der Waals surface area (Å²) in [5.41, 5.74) is 6.08. The number of carbonyl (C=O) groups is 1. The predicted octanol–water partition coefficient (Wildman–Crippen LogP) is 3.14. The second-order valence-corrected chi connectivity index (χ2v) is 9.58. The van der Waals surface area contributed by atoms with Gasteiger partial charge in [-0.2, -0.15) is 0 Å². The SMILES string of the molecule is Cc1cccc(Cn2c(C)c(CNCCc3ccc(S(N)(=O)=O)cc3)c(C(=O)O)c2C)c1. The molecule has 0 fully saturated rings. The van der Waals surface area contributed by atoms with Crippen LogP contribution in [0, 0.1) is 20.8 Å². The number of primary sulfonamides is 1. The highest BCUT2D eigenvalue weighted by molar-refractivity contribution is 7.89. The zero-order valence-corrected chi connectivity index (χ0v) is 19.4. The normalized spacial score (nSPS) is 11.6. The van der Waals surface area contributed by atoms with Crippen LogP contribution in [0.2, 0.25) is 0 Å². The third-order valence-electron chi connectivity index (χ3n) is 5.69. The molecule has 0 saturated carbocycles. The summed E-state index contributed by atoms with van der Waals surface area (Å²) < 4.78 is 24.8. The average Bonchev–Trinajstić information content (AvgIpc) is 2.95. The van der Waals surface area contributed by atoms with Crippen molar-refractivity contribution in [2.24, 2.45) is 5.14 Å². The first-order valence-electron chi connectivity index (χ1n) is 10.4. The number of nitrogens with one attached hydrogen (secondary N) is 1. The molecule has 3 aromatic rings. The molecule has 170 valence electrons. The Kier molecular flexibility index (Phi) is 7.18. The Morgan fingerprint density at radius 3 is 2.31 bits per heavy atom. The summed E-state index contributed by atoms with van der Waals surface area (Å²) in [5, 5.41) is 18.3. The van der Waals surface area contributed by atoms with Gasteiger partial charge in [-0.15, -0.1) is 0 Å². The number of hydrogen-bond acceptors (Lipinski definition) is 4. The summed E-state index contributed by atoms with van der Waals surface area (Å²) in [5.74, 6) is -0.927. The van der Waals surface area contributed by atoms with Crippen LogP contribution in [0.5, 0.6) is 0 Å². The molecule has 8 heteroatoms. The topological polar surface area (TPSA) is 114 Å². The van der Waals surface area contributed by atoms with Crippen molar-refractivity contribution in [1.82, 2.24) is 9.88 Å². The molecule has 0 bridgehead atoms. The first-order chi connectivity index (χ1) is 15.1. The van der Waals surface area contributed by atoms with Crippen LogP contribution in [0.1, 0.15) is 44.0 Å². The lowest BCUT2D eigenvalue weighted by molar-refractivity contribution is 0.0694. The van der Waals surface area contributed by atoms with Crippen LogP contribution in [-0.2, 0) is 29.5 Å². The van der Waals surface area contributed by atoms with Gasteiger partial charge in [0.25, 0.3) is 0 Å². The average molecular weight is 456 g/mol. The molecule has 0 amide bonds. The van der Waals surface area contributed by atoms with Crippen molar-refractivity contribution in [3.05, 3.63) is 87.7 Å². The van der Waals surface area contributed by atoms with Gasteiger partial charge in [0.2, 0.25) is 10.0 Å². The van der Waals surface area contributed by atoms with Gasteiger partial charge in [-0.1, -0.05) is 42.0 Å². The second kappa shape index (κ2) is 9.68. The second-order valence-electron chi connectivity index (χ2n) is 8.02. The smallest absolute Gasteiger partial charge is 0.337 e. The van der Waals surface area contributed by atoms with E-state index < -0.39 is 16.0 Å². The number of aryl methyl sites for hydroxylation is 1. The predicted molar refractivity (Wildman–Crippen MR) is 124 cm³/mol. The number of nitrogens with two attached hydrogens (primary N) is 1. The van der Waals surface area contributed by atoms with E-state index in [1.165, 1.54) is 17.7 Å². The van der Waals surface area contributed by atoms with Gasteiger partial charge in [-0.05, 0) is 57.0 Å². The summed E-state index contributed by atoms with van der Waals surface area (Å²) in [4.78, 5) is 12.1. The van der Waals surface area contributed by atoms with Gasteiger partial charge < -0.3 is 15.0 Å². The van der Waals surface area contributed by atoms with Crippen LogP contribution in [0.3, 0.4) is 0 Å². The molecule has 0 aliphatic heterocycles. The largest absolute Gasteiger partial charge is 0.478 e. The minimum Gasteiger partial charge on any atom is -0.478 e. The third-order valence-corrected chi connectivity index (χ3v) is 6.62. The number of sulfonamides is 1. The highest BCUT2D eigenvalue weighted by Crippen LogP contribution is 2.24. The fraction of sp³-hybridized carbons (Fsp3) is 0.292. The number of rotatable bonds is 9. The molecule has 2 aromatic carbocycles. The maximum atomic E-state index is 12.0. The Bertz CT molecular complexity index is 1230. The molecule has 0 spiro atoms. The minimum atomic E-state index is -3.70. The van der Waals surface area contributed by atoms with E-state index >= 15 is 0 Å². The fourth-order valence-electron chi connectivity index (χ4n) is 3.97. The molecule has 3 rings (SSSR count). The molecule has 0 radical (unpaired) electrons. The number of aromatic nitrogens is 1. The summed E-state index contributed by atoms with van der Waals surface area (Å²) in [6.45, 7) is 7.52. The Hall–Kier alpha value is -2.94. The number of nitrogens with zero attached hydrogens (tertiary/aromatic N) is 1. The highest BCUT2D eigenvalue weighted by atomic mass is 32.2. The quantitative estimate of drug-likeness (QED) is 0.429. The molecule has 0 unspecified atom stereocenters. The number of carboxylic acid groups (broad SMARTS) is 1. The van der Waals surface area contributed by atoms with Crippen molar-refractivity contribution < 1.29 is 18.3 Å². The van der Waals surface area contributed by atoms with Gasteiger partial charge >= 0.3 is 5.97 Å². The molecular weight excluding hydrogens is 426 g/mol. The van der Waals surface area contributed by atoms with Crippen molar-refractivity contribution in [3.63, 3.8) is 0 Å². The van der Waals surface area contributed by atoms with Gasteiger partial charge in [-0.25, -0.2) is 18.4 Å². The van der Waals surface area contributed by atoms with Crippen LogP contribution in [0.15, 0.2) is 53.4 Å². The Morgan fingerprint density at radius 1 is 1.03 bits per heavy atom. The number of benzene rings is 2. The molecule has 1 aromatic heterocycles. The molecule has 7 nitrogen and oxygen atoms in total. The van der Waals surface area contributed by atoms with Gasteiger partial charge in [-0.3, -0.25) is 0 Å². The van der Waals surface area contributed by atoms with E-state index in [0.717, 1.165) is 28.1 Å². The van der Waals surface area contributed by atoms with E-state index in [-0.39, 0.29) is 4.90 Å². The van der Waals surface area contributed by atoms with Crippen LogP contribution in [-0.4, -0.2) is 30.6 Å². The maximum absolute atomic E-state index is 12.0. The van der Waals surface area contributed by atoms with Crippen molar-refractivity contribution in [2.75, 3.05) is 6.54 Å². The number of carboxylic acids is 1. The summed E-state index contributed by atoms with van der Waals surface area (Å²) in [7, 11) is -3.70. The first-order valence-corrected chi connectivity index (χ1v) is 11.9. The minimum absolute atomic E-state index is 0.0846. The Labute approximate surface area is 188 Å². The Morgan fingerprint density at radius 2 is 1.72 bits per heavy atom. The third kappa shape index (κ3) is 5.45. The summed E-state index contributed by atoms with van der Waals surface area (Å²) in [6, 6.07) is 14.7. The number of aromatic carboxylic acids is 1. The van der Waals surface area contributed by atoms with Gasteiger partial charge in [0.15, 0.2) is 0 Å². The maximum Gasteiger partial charge on any atom is 0.337 e. The molecule has 0 saturated heterocycles. The number of hydrogen-bond donors (Lipinski definition) is 3. The van der Waals surface area contributed by atoms with Gasteiger partial charge in [0, 0.05) is 30.0 Å². The fourth-order valence-corrected chi connectivity index (χ4v) is 4.49. The van der Waals surface area contributed by atoms with E-state index in [4.69, 9.17) is 5.14 Å². The van der Waals surface area contributed by atoms with Crippen molar-refractivity contribution in [3.8, 4) is 0 Å². The lowest BCUT2D eigenvalue weighted by Crippen LogP contribution is -2.19. The van der Waals surface area contributed by atoms with E-state index in [0.29, 0.717) is 31.6 Å². The summed E-state index contributed by atoms with van der Waals surface area (Å²) in [6.07, 6.45) is 0.676. The van der Waals surface area contributed by atoms with Crippen LogP contribution >= 0.6 is 0 Å². The monoisotopic (exact) mass is 455 g/mol. The van der Waals surface area contributed by atoms with Crippen molar-refractivity contribution in [1.29, 1.82) is 0 Å². The highest BCUT2D eigenvalue weighted by Gasteiger charge is 2.22. The Balaban J connectivity index is 1.71. The molecule has 0 atom stereocenters.